The third-order valence-corrected chi connectivity index (χ3v) is 3.76. The second-order valence-electron chi connectivity index (χ2n) is 5.50. The van der Waals surface area contributed by atoms with E-state index in [1.165, 1.54) is 18.2 Å². The Morgan fingerprint density at radius 3 is 2.52 bits per heavy atom. The number of benzene rings is 2. The third-order valence-electron chi connectivity index (χ3n) is 3.76. The number of ether oxygens (including phenoxy) is 2. The molecule has 0 amide bonds. The van der Waals surface area contributed by atoms with Crippen LogP contribution in [0, 0.1) is 0 Å². The van der Waals surface area contributed by atoms with Crippen LogP contribution in [0.1, 0.15) is 17.2 Å². The van der Waals surface area contributed by atoms with E-state index < -0.39 is 18.2 Å². The highest BCUT2D eigenvalue weighted by Crippen LogP contribution is 2.41. The van der Waals surface area contributed by atoms with E-state index in [4.69, 9.17) is 14.6 Å². The Labute approximate surface area is 143 Å². The molecule has 0 fully saturated rings. The van der Waals surface area contributed by atoms with Gasteiger partial charge in [-0.2, -0.15) is 0 Å². The van der Waals surface area contributed by atoms with Crippen LogP contribution in [-0.2, 0) is 4.79 Å². The van der Waals surface area contributed by atoms with Crippen LogP contribution in [0.25, 0.3) is 6.08 Å². The Morgan fingerprint density at radius 2 is 1.84 bits per heavy atom. The van der Waals surface area contributed by atoms with Crippen molar-refractivity contribution in [3.8, 4) is 23.0 Å². The molecule has 1 heterocycles. The van der Waals surface area contributed by atoms with Crippen molar-refractivity contribution in [1.29, 1.82) is 0 Å². The summed E-state index contributed by atoms with van der Waals surface area (Å²) in [6.07, 6.45) is 1.03. The highest BCUT2D eigenvalue weighted by atomic mass is 16.6. The minimum atomic E-state index is -1.06. The van der Waals surface area contributed by atoms with Crippen LogP contribution >= 0.6 is 0 Å². The number of rotatable bonds is 4. The molecule has 4 N–H and O–H groups in total. The number of hydrogen-bond acceptors (Lipinski definition) is 6. The van der Waals surface area contributed by atoms with Gasteiger partial charge in [-0.05, 0) is 35.9 Å². The van der Waals surface area contributed by atoms with Gasteiger partial charge in [0.15, 0.2) is 35.2 Å². The van der Waals surface area contributed by atoms with Gasteiger partial charge in [-0.3, -0.25) is 0 Å². The van der Waals surface area contributed by atoms with E-state index in [0.717, 1.165) is 6.08 Å². The molecule has 0 aromatic heterocycles. The van der Waals surface area contributed by atoms with Gasteiger partial charge >= 0.3 is 5.97 Å². The first kappa shape index (κ1) is 16.7. The van der Waals surface area contributed by atoms with Gasteiger partial charge in [0, 0.05) is 11.6 Å². The summed E-state index contributed by atoms with van der Waals surface area (Å²) in [5.41, 5.74) is 1.15. The van der Waals surface area contributed by atoms with Crippen LogP contribution in [0.5, 0.6) is 23.0 Å². The lowest BCUT2D eigenvalue weighted by molar-refractivity contribution is -0.131. The van der Waals surface area contributed by atoms with Gasteiger partial charge in [0.05, 0.1) is 6.61 Å². The van der Waals surface area contributed by atoms with Crippen molar-refractivity contribution in [3.63, 3.8) is 0 Å². The number of aliphatic carboxylic acids is 1. The summed E-state index contributed by atoms with van der Waals surface area (Å²) in [5, 5.41) is 37.4. The zero-order valence-corrected chi connectivity index (χ0v) is 13.0. The molecule has 0 aliphatic carbocycles. The van der Waals surface area contributed by atoms with E-state index in [9.17, 15) is 20.1 Å². The molecule has 1 aliphatic rings. The number of aliphatic hydroxyl groups excluding tert-OH is 1. The Bertz CT molecular complexity index is 828. The SMILES string of the molecule is O=C(O)/C=C/c1ccc2c(c1)O[C@@H](CO)[C@H](c1ccc(O)c(O)c1)O2. The number of aliphatic hydroxyl groups is 1. The van der Waals surface area contributed by atoms with Gasteiger partial charge < -0.3 is 29.9 Å². The predicted molar refractivity (Wildman–Crippen MR) is 87.8 cm³/mol. The van der Waals surface area contributed by atoms with E-state index in [2.05, 4.69) is 0 Å². The third kappa shape index (κ3) is 3.51. The molecule has 0 saturated carbocycles. The number of carboxylic acids is 1. The fraction of sp³-hybridized carbons (Fsp3) is 0.167. The van der Waals surface area contributed by atoms with Crippen molar-refractivity contribution in [2.24, 2.45) is 0 Å². The summed E-state index contributed by atoms with van der Waals surface area (Å²) in [7, 11) is 0. The monoisotopic (exact) mass is 344 g/mol. The smallest absolute Gasteiger partial charge is 0.328 e. The largest absolute Gasteiger partial charge is 0.504 e. The Morgan fingerprint density at radius 1 is 1.04 bits per heavy atom. The van der Waals surface area contributed by atoms with Gasteiger partial charge in [0.2, 0.25) is 0 Å². The van der Waals surface area contributed by atoms with E-state index in [-0.39, 0.29) is 18.1 Å². The van der Waals surface area contributed by atoms with E-state index in [0.29, 0.717) is 22.6 Å². The minimum absolute atomic E-state index is 0.253. The summed E-state index contributed by atoms with van der Waals surface area (Å²) in [6.45, 7) is -0.332. The van der Waals surface area contributed by atoms with Crippen molar-refractivity contribution >= 4 is 12.0 Å². The second-order valence-corrected chi connectivity index (χ2v) is 5.50. The molecule has 0 bridgehead atoms. The maximum Gasteiger partial charge on any atom is 0.328 e. The molecule has 7 heteroatoms. The molecule has 0 unspecified atom stereocenters. The predicted octanol–water partition coefficient (Wildman–Crippen LogP) is 2.07. The van der Waals surface area contributed by atoms with Crippen LogP contribution in [0.3, 0.4) is 0 Å². The first-order valence-corrected chi connectivity index (χ1v) is 7.49. The normalized spacial score (nSPS) is 19.1. The maximum absolute atomic E-state index is 10.6. The summed E-state index contributed by atoms with van der Waals surface area (Å²) >= 11 is 0. The molecule has 2 aromatic rings. The van der Waals surface area contributed by atoms with Crippen molar-refractivity contribution in [2.75, 3.05) is 6.61 Å². The van der Waals surface area contributed by atoms with Gasteiger partial charge in [0.25, 0.3) is 0 Å². The number of carbonyl (C=O) groups is 1. The average Bonchev–Trinajstić information content (AvgIpc) is 2.61. The molecule has 25 heavy (non-hydrogen) atoms. The fourth-order valence-electron chi connectivity index (χ4n) is 2.56. The summed E-state index contributed by atoms with van der Waals surface area (Å²) in [4.78, 5) is 10.6. The first-order valence-electron chi connectivity index (χ1n) is 7.49. The quantitative estimate of drug-likeness (QED) is 0.495. The lowest BCUT2D eigenvalue weighted by Gasteiger charge is -2.33. The Hall–Kier alpha value is -3.19. The summed E-state index contributed by atoms with van der Waals surface area (Å²) in [6, 6.07) is 9.17. The van der Waals surface area contributed by atoms with Crippen LogP contribution in [-0.4, -0.2) is 39.1 Å². The molecular weight excluding hydrogens is 328 g/mol. The van der Waals surface area contributed by atoms with E-state index >= 15 is 0 Å². The zero-order valence-electron chi connectivity index (χ0n) is 13.0. The zero-order chi connectivity index (χ0) is 18.0. The molecule has 0 saturated heterocycles. The highest BCUT2D eigenvalue weighted by Gasteiger charge is 2.33. The maximum atomic E-state index is 10.6. The fourth-order valence-corrected chi connectivity index (χ4v) is 2.56. The minimum Gasteiger partial charge on any atom is -0.504 e. The number of carboxylic acid groups (broad SMARTS) is 1. The highest BCUT2D eigenvalue weighted by molar-refractivity contribution is 5.85. The molecule has 130 valence electrons. The molecule has 0 spiro atoms. The van der Waals surface area contributed by atoms with Gasteiger partial charge in [-0.25, -0.2) is 4.79 Å². The summed E-state index contributed by atoms with van der Waals surface area (Å²) in [5.74, 6) is -0.801. The van der Waals surface area contributed by atoms with Crippen molar-refractivity contribution in [2.45, 2.75) is 12.2 Å². The van der Waals surface area contributed by atoms with Gasteiger partial charge in [0.1, 0.15) is 0 Å². The summed E-state index contributed by atoms with van der Waals surface area (Å²) < 4.78 is 11.6. The van der Waals surface area contributed by atoms with Gasteiger partial charge in [-0.15, -0.1) is 0 Å². The Balaban J connectivity index is 1.91. The van der Waals surface area contributed by atoms with Crippen molar-refractivity contribution < 1.29 is 34.7 Å². The molecule has 2 aromatic carbocycles. The molecule has 3 rings (SSSR count). The van der Waals surface area contributed by atoms with Crippen LogP contribution < -0.4 is 9.47 Å². The topological polar surface area (TPSA) is 116 Å². The van der Waals surface area contributed by atoms with E-state index in [1.54, 1.807) is 24.3 Å². The van der Waals surface area contributed by atoms with Crippen molar-refractivity contribution in [3.05, 3.63) is 53.6 Å². The van der Waals surface area contributed by atoms with Gasteiger partial charge in [-0.1, -0.05) is 12.1 Å². The second kappa shape index (κ2) is 6.74. The number of fused-ring (bicyclic) bond motifs is 1. The van der Waals surface area contributed by atoms with Crippen LogP contribution in [0.15, 0.2) is 42.5 Å². The first-order chi connectivity index (χ1) is 12.0. The lowest BCUT2D eigenvalue weighted by Crippen LogP contribution is -2.36. The standard InChI is InChI=1S/C18H16O7/c19-9-16-18(11-3-4-12(20)13(21)8-11)25-14-5-1-10(2-6-17(22)23)7-15(14)24-16/h1-8,16,18-21H,9H2,(H,22,23)/b6-2+/t16-,18-/m0/s1. The average molecular weight is 344 g/mol. The number of hydrogen-bond donors (Lipinski definition) is 4. The molecule has 1 aliphatic heterocycles. The molecule has 2 atom stereocenters. The lowest BCUT2D eigenvalue weighted by atomic mass is 10.0. The van der Waals surface area contributed by atoms with Crippen LogP contribution in [0.4, 0.5) is 0 Å². The van der Waals surface area contributed by atoms with Crippen molar-refractivity contribution in [1.82, 2.24) is 0 Å². The number of phenols is 2. The number of aromatic hydroxyl groups is 2. The molecule has 0 radical (unpaired) electrons. The van der Waals surface area contributed by atoms with E-state index in [1.807, 2.05) is 0 Å². The van der Waals surface area contributed by atoms with Crippen LogP contribution in [0.2, 0.25) is 0 Å². The molecule has 7 nitrogen and oxygen atoms in total. The Kier molecular flexibility index (Phi) is 4.49. The molecular formula is C18H16O7. The number of phenolic OH excluding ortho intramolecular Hbond substituents is 2.